The van der Waals surface area contributed by atoms with Crippen molar-refractivity contribution in [2.75, 3.05) is 16.0 Å². The molecule has 2 amide bonds. The normalized spacial score (nSPS) is 10.5. The minimum absolute atomic E-state index is 0.00480. The number of aryl methyl sites for hydroxylation is 1. The molecule has 0 spiro atoms. The predicted molar refractivity (Wildman–Crippen MR) is 123 cm³/mol. The zero-order valence-corrected chi connectivity index (χ0v) is 16.9. The smallest absolute Gasteiger partial charge is 0.323 e. The van der Waals surface area contributed by atoms with Gasteiger partial charge >= 0.3 is 6.03 Å². The number of carbonyl (C=O) groups excluding carboxylic acids is 1. The molecule has 0 radical (unpaired) electrons. The molecule has 10 nitrogen and oxygen atoms in total. The van der Waals surface area contributed by atoms with Crippen LogP contribution in [0.2, 0.25) is 0 Å². The SMILES string of the molecule is Cc1ccc(NC(=O)Nc2ccc(Nc3ccc([N+](=O)[O-])c4nc[nH]c(=O)c34)cc2)cc1. The fourth-order valence-corrected chi connectivity index (χ4v) is 3.14. The number of H-pyrrole nitrogens is 1. The Morgan fingerprint density at radius 3 is 2.16 bits per heavy atom. The number of carbonyl (C=O) groups is 1. The van der Waals surface area contributed by atoms with Crippen LogP contribution in [0.5, 0.6) is 0 Å². The van der Waals surface area contributed by atoms with Crippen LogP contribution in [0.15, 0.2) is 71.8 Å². The van der Waals surface area contributed by atoms with Crippen molar-refractivity contribution < 1.29 is 9.72 Å². The number of fused-ring (bicyclic) bond motifs is 1. The fraction of sp³-hybridized carbons (Fsp3) is 0.0455. The number of aromatic amines is 1. The van der Waals surface area contributed by atoms with Crippen molar-refractivity contribution in [2.45, 2.75) is 6.92 Å². The lowest BCUT2D eigenvalue weighted by atomic mass is 10.1. The van der Waals surface area contributed by atoms with E-state index in [0.29, 0.717) is 22.7 Å². The number of hydrogen-bond donors (Lipinski definition) is 4. The number of nitrogens with one attached hydrogen (secondary N) is 4. The molecular weight excluding hydrogens is 412 g/mol. The highest BCUT2D eigenvalue weighted by Gasteiger charge is 2.18. The lowest BCUT2D eigenvalue weighted by Gasteiger charge is -2.11. The van der Waals surface area contributed by atoms with E-state index in [1.54, 1.807) is 24.3 Å². The number of urea groups is 1. The second-order valence-corrected chi connectivity index (χ2v) is 6.99. The van der Waals surface area contributed by atoms with Gasteiger partial charge in [-0.1, -0.05) is 17.7 Å². The second kappa shape index (κ2) is 8.56. The summed E-state index contributed by atoms with van der Waals surface area (Å²) in [6.07, 6.45) is 1.13. The van der Waals surface area contributed by atoms with Crippen LogP contribution in [0.3, 0.4) is 0 Å². The molecule has 0 unspecified atom stereocenters. The van der Waals surface area contributed by atoms with Gasteiger partial charge in [0.25, 0.3) is 11.2 Å². The van der Waals surface area contributed by atoms with E-state index in [9.17, 15) is 19.7 Å². The molecule has 1 heterocycles. The van der Waals surface area contributed by atoms with Gasteiger partial charge in [-0.25, -0.2) is 9.78 Å². The average Bonchev–Trinajstić information content (AvgIpc) is 2.76. The number of non-ortho nitro benzene ring substituents is 1. The summed E-state index contributed by atoms with van der Waals surface area (Å²) in [5.74, 6) is 0. The lowest BCUT2D eigenvalue weighted by Crippen LogP contribution is -2.19. The highest BCUT2D eigenvalue weighted by Crippen LogP contribution is 2.29. The molecule has 160 valence electrons. The van der Waals surface area contributed by atoms with Crippen LogP contribution in [-0.4, -0.2) is 20.9 Å². The van der Waals surface area contributed by atoms with Crippen LogP contribution in [0.4, 0.5) is 33.2 Å². The zero-order valence-electron chi connectivity index (χ0n) is 16.9. The number of anilines is 4. The summed E-state index contributed by atoms with van der Waals surface area (Å²) in [7, 11) is 0. The highest BCUT2D eigenvalue weighted by atomic mass is 16.6. The average molecular weight is 430 g/mol. The second-order valence-electron chi connectivity index (χ2n) is 6.99. The van der Waals surface area contributed by atoms with E-state index in [1.165, 1.54) is 12.1 Å². The number of rotatable bonds is 5. The maximum Gasteiger partial charge on any atom is 0.323 e. The van der Waals surface area contributed by atoms with E-state index >= 15 is 0 Å². The van der Waals surface area contributed by atoms with Gasteiger partial charge in [0, 0.05) is 23.1 Å². The number of nitrogens with zero attached hydrogens (tertiary/aromatic N) is 2. The molecule has 0 fully saturated rings. The number of hydrogen-bond acceptors (Lipinski definition) is 6. The monoisotopic (exact) mass is 430 g/mol. The van der Waals surface area contributed by atoms with Crippen LogP contribution in [0, 0.1) is 17.0 Å². The lowest BCUT2D eigenvalue weighted by molar-refractivity contribution is -0.383. The van der Waals surface area contributed by atoms with Crippen molar-refractivity contribution >= 4 is 45.4 Å². The summed E-state index contributed by atoms with van der Waals surface area (Å²) >= 11 is 0. The Hall–Kier alpha value is -4.73. The molecule has 0 aliphatic rings. The predicted octanol–water partition coefficient (Wildman–Crippen LogP) is 4.53. The molecule has 0 aliphatic heterocycles. The Labute approximate surface area is 181 Å². The fourth-order valence-electron chi connectivity index (χ4n) is 3.14. The van der Waals surface area contributed by atoms with Gasteiger partial charge in [-0.15, -0.1) is 0 Å². The summed E-state index contributed by atoms with van der Waals surface area (Å²) in [4.78, 5) is 41.5. The third-order valence-electron chi connectivity index (χ3n) is 4.70. The summed E-state index contributed by atoms with van der Waals surface area (Å²) in [6, 6.07) is 16.6. The molecule has 3 aromatic carbocycles. The first-order valence-corrected chi connectivity index (χ1v) is 9.57. The largest absolute Gasteiger partial charge is 0.355 e. The molecule has 4 aromatic rings. The molecule has 32 heavy (non-hydrogen) atoms. The standard InChI is InChI=1S/C22H18N6O4/c1-13-2-4-15(5-3-13)26-22(30)27-16-8-6-14(7-9-16)25-17-10-11-18(28(31)32)20-19(17)21(29)24-12-23-20/h2-12,25H,1H3,(H,23,24,29)(H2,26,27,30). The van der Waals surface area contributed by atoms with Crippen LogP contribution >= 0.6 is 0 Å². The van der Waals surface area contributed by atoms with Crippen molar-refractivity contribution in [2.24, 2.45) is 0 Å². The van der Waals surface area contributed by atoms with E-state index in [0.717, 1.165) is 11.9 Å². The van der Waals surface area contributed by atoms with Gasteiger partial charge in [-0.2, -0.15) is 0 Å². The first-order chi connectivity index (χ1) is 15.4. The Morgan fingerprint density at radius 2 is 1.53 bits per heavy atom. The van der Waals surface area contributed by atoms with E-state index < -0.39 is 10.5 Å². The number of amides is 2. The van der Waals surface area contributed by atoms with Crippen LogP contribution in [0.25, 0.3) is 10.9 Å². The van der Waals surface area contributed by atoms with Crippen LogP contribution in [0.1, 0.15) is 5.56 Å². The van der Waals surface area contributed by atoms with Gasteiger partial charge in [0.2, 0.25) is 0 Å². The third-order valence-corrected chi connectivity index (χ3v) is 4.70. The van der Waals surface area contributed by atoms with Crippen molar-refractivity contribution in [3.05, 3.63) is 93.0 Å². The van der Waals surface area contributed by atoms with Crippen molar-refractivity contribution in [1.82, 2.24) is 9.97 Å². The van der Waals surface area contributed by atoms with Gasteiger partial charge < -0.3 is 20.9 Å². The van der Waals surface area contributed by atoms with Gasteiger partial charge in [0.1, 0.15) is 0 Å². The van der Waals surface area contributed by atoms with E-state index in [2.05, 4.69) is 25.9 Å². The molecule has 0 atom stereocenters. The molecule has 4 N–H and O–H groups in total. The molecule has 0 saturated heterocycles. The number of aromatic nitrogens is 2. The Kier molecular flexibility index (Phi) is 5.49. The topological polar surface area (TPSA) is 142 Å². The summed E-state index contributed by atoms with van der Waals surface area (Å²) in [5, 5.41) is 19.9. The Bertz CT molecular complexity index is 1360. The molecule has 10 heteroatoms. The minimum Gasteiger partial charge on any atom is -0.355 e. The summed E-state index contributed by atoms with van der Waals surface area (Å²) in [6.45, 7) is 1.96. The first-order valence-electron chi connectivity index (χ1n) is 9.57. The quantitative estimate of drug-likeness (QED) is 0.271. The zero-order chi connectivity index (χ0) is 22.7. The van der Waals surface area contributed by atoms with Gasteiger partial charge in [0.05, 0.1) is 22.3 Å². The van der Waals surface area contributed by atoms with Crippen molar-refractivity contribution in [3.63, 3.8) is 0 Å². The first kappa shape index (κ1) is 20.5. The highest BCUT2D eigenvalue weighted by molar-refractivity contribution is 6.00. The molecule has 0 aliphatic carbocycles. The minimum atomic E-state index is -0.583. The van der Waals surface area contributed by atoms with Crippen molar-refractivity contribution in [1.29, 1.82) is 0 Å². The van der Waals surface area contributed by atoms with E-state index in [4.69, 9.17) is 0 Å². The third kappa shape index (κ3) is 4.38. The van der Waals surface area contributed by atoms with E-state index in [1.807, 2.05) is 31.2 Å². The Balaban J connectivity index is 1.51. The number of benzene rings is 3. The molecular formula is C22H18N6O4. The van der Waals surface area contributed by atoms with Crippen LogP contribution < -0.4 is 21.5 Å². The molecule has 0 bridgehead atoms. The molecule has 1 aromatic heterocycles. The van der Waals surface area contributed by atoms with Gasteiger partial charge in [-0.3, -0.25) is 14.9 Å². The molecule has 0 saturated carbocycles. The number of nitro groups is 1. The maximum absolute atomic E-state index is 12.3. The van der Waals surface area contributed by atoms with Crippen molar-refractivity contribution in [3.8, 4) is 0 Å². The Morgan fingerprint density at radius 1 is 0.938 bits per heavy atom. The maximum atomic E-state index is 12.3. The van der Waals surface area contributed by atoms with Crippen LogP contribution in [-0.2, 0) is 0 Å². The van der Waals surface area contributed by atoms with Gasteiger partial charge in [-0.05, 0) is 49.4 Å². The number of nitro benzene ring substituents is 1. The summed E-state index contributed by atoms with van der Waals surface area (Å²) in [5.41, 5.74) is 2.57. The molecule has 4 rings (SSSR count). The van der Waals surface area contributed by atoms with E-state index in [-0.39, 0.29) is 22.6 Å². The van der Waals surface area contributed by atoms with Gasteiger partial charge in [0.15, 0.2) is 5.52 Å². The summed E-state index contributed by atoms with van der Waals surface area (Å²) < 4.78 is 0.